The quantitative estimate of drug-likeness (QED) is 0.860. The van der Waals surface area contributed by atoms with Crippen molar-refractivity contribution < 1.29 is 9.21 Å². The summed E-state index contributed by atoms with van der Waals surface area (Å²) in [6, 6.07) is 7.31. The molecule has 1 saturated heterocycles. The number of furan rings is 1. The van der Waals surface area contributed by atoms with Crippen molar-refractivity contribution in [2.45, 2.75) is 19.4 Å². The van der Waals surface area contributed by atoms with E-state index < -0.39 is 0 Å². The largest absolute Gasteiger partial charge is 0.467 e. The molecule has 2 aromatic rings. The maximum Gasteiger partial charge on any atom is 0.225 e. The van der Waals surface area contributed by atoms with Gasteiger partial charge in [-0.25, -0.2) is 0 Å². The molecule has 1 aliphatic heterocycles. The summed E-state index contributed by atoms with van der Waals surface area (Å²) in [5.41, 5.74) is 0. The Hall–Kier alpha value is -2.08. The first-order valence-electron chi connectivity index (χ1n) is 7.65. The van der Waals surface area contributed by atoms with E-state index in [0.29, 0.717) is 11.7 Å². The first-order chi connectivity index (χ1) is 11.1. The van der Waals surface area contributed by atoms with Crippen LogP contribution in [0.5, 0.6) is 0 Å². The molecule has 0 aliphatic carbocycles. The van der Waals surface area contributed by atoms with Gasteiger partial charge < -0.3 is 14.2 Å². The van der Waals surface area contributed by atoms with Gasteiger partial charge in [-0.3, -0.25) is 4.79 Å². The molecule has 0 unspecified atom stereocenters. The van der Waals surface area contributed by atoms with Crippen LogP contribution in [0.4, 0.5) is 5.82 Å². The predicted molar refractivity (Wildman–Crippen MR) is 87.2 cm³/mol. The molecule has 1 fully saturated rings. The molecule has 0 saturated carbocycles. The lowest BCUT2D eigenvalue weighted by atomic mass is 9.95. The maximum absolute atomic E-state index is 12.5. The Bertz CT molecular complexity index is 637. The van der Waals surface area contributed by atoms with Crippen LogP contribution < -0.4 is 4.90 Å². The van der Waals surface area contributed by atoms with Crippen LogP contribution in [0.2, 0.25) is 5.15 Å². The Morgan fingerprint density at radius 2 is 2.13 bits per heavy atom. The van der Waals surface area contributed by atoms with Crippen LogP contribution in [-0.4, -0.2) is 41.1 Å². The fourth-order valence-corrected chi connectivity index (χ4v) is 2.96. The SMILES string of the molecule is CN(Cc1ccco1)C(=O)C1CCN(c2ccc(Cl)nn2)CC1. The number of halogens is 1. The molecule has 0 bridgehead atoms. The number of hydrogen-bond acceptors (Lipinski definition) is 5. The van der Waals surface area contributed by atoms with E-state index in [9.17, 15) is 4.79 Å². The predicted octanol–water partition coefficient (Wildman–Crippen LogP) is 2.60. The number of rotatable bonds is 4. The van der Waals surface area contributed by atoms with Gasteiger partial charge in [0.2, 0.25) is 5.91 Å². The highest BCUT2D eigenvalue weighted by Gasteiger charge is 2.28. The molecule has 2 aromatic heterocycles. The molecule has 0 radical (unpaired) electrons. The Kier molecular flexibility index (Phi) is 4.81. The normalized spacial score (nSPS) is 15.7. The second-order valence-corrected chi connectivity index (χ2v) is 6.14. The maximum atomic E-state index is 12.5. The number of hydrogen-bond donors (Lipinski definition) is 0. The number of piperidine rings is 1. The van der Waals surface area contributed by atoms with E-state index in [0.717, 1.165) is 37.5 Å². The van der Waals surface area contributed by atoms with Gasteiger partial charge in [0.15, 0.2) is 11.0 Å². The molecule has 0 N–H and O–H groups in total. The highest BCUT2D eigenvalue weighted by molar-refractivity contribution is 6.29. The third-order valence-corrected chi connectivity index (χ3v) is 4.34. The van der Waals surface area contributed by atoms with E-state index in [1.807, 2.05) is 25.2 Å². The van der Waals surface area contributed by atoms with E-state index in [-0.39, 0.29) is 11.8 Å². The lowest BCUT2D eigenvalue weighted by Gasteiger charge is -2.33. The van der Waals surface area contributed by atoms with Gasteiger partial charge >= 0.3 is 0 Å². The van der Waals surface area contributed by atoms with E-state index >= 15 is 0 Å². The smallest absolute Gasteiger partial charge is 0.225 e. The number of carbonyl (C=O) groups excluding carboxylic acids is 1. The number of carbonyl (C=O) groups is 1. The van der Waals surface area contributed by atoms with Gasteiger partial charge in [-0.1, -0.05) is 11.6 Å². The fourth-order valence-electron chi connectivity index (χ4n) is 2.86. The summed E-state index contributed by atoms with van der Waals surface area (Å²) in [4.78, 5) is 16.4. The van der Waals surface area contributed by atoms with Gasteiger partial charge in [-0.05, 0) is 37.1 Å². The van der Waals surface area contributed by atoms with Gasteiger partial charge in [0.1, 0.15) is 5.76 Å². The zero-order chi connectivity index (χ0) is 16.2. The molecule has 3 rings (SSSR count). The third-order valence-electron chi connectivity index (χ3n) is 4.14. The van der Waals surface area contributed by atoms with E-state index in [1.165, 1.54) is 0 Å². The van der Waals surface area contributed by atoms with Crippen molar-refractivity contribution in [2.24, 2.45) is 5.92 Å². The molecule has 7 heteroatoms. The average Bonchev–Trinajstić information content (AvgIpc) is 3.08. The number of nitrogens with zero attached hydrogens (tertiary/aromatic N) is 4. The van der Waals surface area contributed by atoms with Crippen molar-refractivity contribution in [2.75, 3.05) is 25.0 Å². The second-order valence-electron chi connectivity index (χ2n) is 5.75. The lowest BCUT2D eigenvalue weighted by Crippen LogP contribution is -2.41. The Morgan fingerprint density at radius 1 is 1.35 bits per heavy atom. The van der Waals surface area contributed by atoms with Gasteiger partial charge in [-0.2, -0.15) is 0 Å². The zero-order valence-corrected chi connectivity index (χ0v) is 13.7. The highest BCUT2D eigenvalue weighted by Crippen LogP contribution is 2.23. The van der Waals surface area contributed by atoms with Crippen LogP contribution in [0, 0.1) is 5.92 Å². The Balaban J connectivity index is 1.53. The minimum Gasteiger partial charge on any atom is -0.467 e. The topological polar surface area (TPSA) is 62.5 Å². The third kappa shape index (κ3) is 3.82. The zero-order valence-electron chi connectivity index (χ0n) is 13.0. The highest BCUT2D eigenvalue weighted by atomic mass is 35.5. The molecule has 0 spiro atoms. The first-order valence-corrected chi connectivity index (χ1v) is 8.03. The number of anilines is 1. The minimum atomic E-state index is 0.0477. The number of amides is 1. The van der Waals surface area contributed by atoms with Gasteiger partial charge in [0.25, 0.3) is 0 Å². The van der Waals surface area contributed by atoms with Gasteiger partial charge in [0.05, 0.1) is 12.8 Å². The van der Waals surface area contributed by atoms with Crippen LogP contribution in [0.3, 0.4) is 0 Å². The monoisotopic (exact) mass is 334 g/mol. The summed E-state index contributed by atoms with van der Waals surface area (Å²) in [7, 11) is 1.82. The summed E-state index contributed by atoms with van der Waals surface area (Å²) in [6.45, 7) is 2.09. The van der Waals surface area contributed by atoms with Crippen LogP contribution in [0.25, 0.3) is 0 Å². The van der Waals surface area contributed by atoms with E-state index in [1.54, 1.807) is 17.2 Å². The van der Waals surface area contributed by atoms with Crippen molar-refractivity contribution >= 4 is 23.3 Å². The molecule has 122 valence electrons. The van der Waals surface area contributed by atoms with Crippen LogP contribution in [-0.2, 0) is 11.3 Å². The van der Waals surface area contributed by atoms with Crippen molar-refractivity contribution in [3.63, 3.8) is 0 Å². The number of aromatic nitrogens is 2. The van der Waals surface area contributed by atoms with Crippen molar-refractivity contribution in [1.82, 2.24) is 15.1 Å². The molecule has 23 heavy (non-hydrogen) atoms. The molecular weight excluding hydrogens is 316 g/mol. The standard InChI is InChI=1S/C16H19ClN4O2/c1-20(11-13-3-2-10-23-13)16(22)12-6-8-21(9-7-12)15-5-4-14(17)18-19-15/h2-5,10,12H,6-9,11H2,1H3. The minimum absolute atomic E-state index is 0.0477. The molecule has 1 amide bonds. The summed E-state index contributed by atoms with van der Waals surface area (Å²) in [6.07, 6.45) is 3.25. The van der Waals surface area contributed by atoms with Crippen LogP contribution >= 0.6 is 11.6 Å². The average molecular weight is 335 g/mol. The Labute approximate surface area is 140 Å². The van der Waals surface area contributed by atoms with Crippen LogP contribution in [0.15, 0.2) is 34.9 Å². The molecule has 0 atom stereocenters. The van der Waals surface area contributed by atoms with Crippen molar-refractivity contribution in [3.8, 4) is 0 Å². The molecular formula is C16H19ClN4O2. The summed E-state index contributed by atoms with van der Waals surface area (Å²) in [5.74, 6) is 1.83. The van der Waals surface area contributed by atoms with E-state index in [2.05, 4.69) is 15.1 Å². The first kappa shape index (κ1) is 15.8. The van der Waals surface area contributed by atoms with Gasteiger partial charge in [-0.15, -0.1) is 10.2 Å². The lowest BCUT2D eigenvalue weighted by molar-refractivity contribution is -0.135. The van der Waals surface area contributed by atoms with Gasteiger partial charge in [0, 0.05) is 26.1 Å². The van der Waals surface area contributed by atoms with E-state index in [4.69, 9.17) is 16.0 Å². The van der Waals surface area contributed by atoms with Crippen molar-refractivity contribution in [1.29, 1.82) is 0 Å². The second kappa shape index (κ2) is 7.00. The Morgan fingerprint density at radius 3 is 2.74 bits per heavy atom. The molecule has 1 aliphatic rings. The fraction of sp³-hybridized carbons (Fsp3) is 0.438. The summed E-state index contributed by atoms with van der Waals surface area (Å²) < 4.78 is 5.30. The van der Waals surface area contributed by atoms with Crippen molar-refractivity contribution in [3.05, 3.63) is 41.4 Å². The van der Waals surface area contributed by atoms with Crippen LogP contribution in [0.1, 0.15) is 18.6 Å². The molecule has 3 heterocycles. The summed E-state index contributed by atoms with van der Waals surface area (Å²) in [5, 5.41) is 8.35. The molecule has 0 aromatic carbocycles. The molecule has 6 nitrogen and oxygen atoms in total. The summed E-state index contributed by atoms with van der Waals surface area (Å²) >= 11 is 5.76.